The molecule has 1 aliphatic heterocycles. The maximum absolute atomic E-state index is 12.2. The van der Waals surface area contributed by atoms with Crippen LogP contribution in [0.3, 0.4) is 0 Å². The normalized spacial score (nSPS) is 31.6. The molecule has 0 spiro atoms. The number of rotatable bonds is 4. The van der Waals surface area contributed by atoms with E-state index in [1.54, 1.807) is 0 Å². The van der Waals surface area contributed by atoms with Gasteiger partial charge in [0, 0.05) is 11.3 Å². The number of amides is 1. The summed E-state index contributed by atoms with van der Waals surface area (Å²) >= 11 is 1.93. The fourth-order valence-corrected chi connectivity index (χ4v) is 3.91. The molecule has 1 heterocycles. The first kappa shape index (κ1) is 13.2. The van der Waals surface area contributed by atoms with E-state index in [0.717, 1.165) is 25.9 Å². The van der Waals surface area contributed by atoms with Crippen LogP contribution in [-0.2, 0) is 4.79 Å². The predicted octanol–water partition coefficient (Wildman–Crippen LogP) is 1.92. The fourth-order valence-electron chi connectivity index (χ4n) is 3.00. The summed E-state index contributed by atoms with van der Waals surface area (Å²) in [5.74, 6) is 0.190. The maximum atomic E-state index is 12.2. The molecule has 0 bridgehead atoms. The van der Waals surface area contributed by atoms with E-state index in [0.29, 0.717) is 4.75 Å². The van der Waals surface area contributed by atoms with Crippen LogP contribution in [0.15, 0.2) is 0 Å². The third-order valence-corrected chi connectivity index (χ3v) is 5.81. The van der Waals surface area contributed by atoms with E-state index in [2.05, 4.69) is 16.9 Å². The van der Waals surface area contributed by atoms with Crippen molar-refractivity contribution in [3.05, 3.63) is 0 Å². The summed E-state index contributed by atoms with van der Waals surface area (Å²) in [4.78, 5) is 12.2. The van der Waals surface area contributed by atoms with Gasteiger partial charge in [-0.05, 0) is 45.4 Å². The summed E-state index contributed by atoms with van der Waals surface area (Å²) in [5, 5.41) is 6.50. The Morgan fingerprint density at radius 1 is 1.29 bits per heavy atom. The molecule has 2 aliphatic rings. The molecule has 2 fully saturated rings. The molecule has 1 amide bonds. The Morgan fingerprint density at radius 3 is 2.53 bits per heavy atom. The van der Waals surface area contributed by atoms with Gasteiger partial charge in [-0.3, -0.25) is 4.79 Å². The average molecular weight is 256 g/mol. The van der Waals surface area contributed by atoms with Gasteiger partial charge >= 0.3 is 0 Å². The lowest BCUT2D eigenvalue weighted by Gasteiger charge is -2.30. The number of carbonyl (C=O) groups excluding carboxylic acids is 1. The first-order valence-corrected chi connectivity index (χ1v) is 7.91. The van der Waals surface area contributed by atoms with Gasteiger partial charge < -0.3 is 10.6 Å². The second-order valence-corrected chi connectivity index (χ2v) is 6.91. The molecule has 4 heteroatoms. The van der Waals surface area contributed by atoms with Crippen molar-refractivity contribution in [1.82, 2.24) is 10.6 Å². The van der Waals surface area contributed by atoms with Crippen molar-refractivity contribution in [3.8, 4) is 0 Å². The Morgan fingerprint density at radius 2 is 2.00 bits per heavy atom. The van der Waals surface area contributed by atoms with E-state index in [9.17, 15) is 4.79 Å². The first-order chi connectivity index (χ1) is 8.10. The SMILES string of the molecule is CSC1(CNC(=O)C2(C)CCCN2)CCCC1. The highest BCUT2D eigenvalue weighted by molar-refractivity contribution is 8.00. The van der Waals surface area contributed by atoms with Crippen molar-refractivity contribution in [2.75, 3.05) is 19.3 Å². The minimum Gasteiger partial charge on any atom is -0.353 e. The minimum atomic E-state index is -0.321. The molecule has 2 N–H and O–H groups in total. The standard InChI is InChI=1S/C13H24N2OS/c1-12(6-5-9-15-12)11(16)14-10-13(17-2)7-3-4-8-13/h15H,3-10H2,1-2H3,(H,14,16). The number of hydrogen-bond donors (Lipinski definition) is 2. The minimum absolute atomic E-state index is 0.190. The van der Waals surface area contributed by atoms with Crippen LogP contribution in [0.25, 0.3) is 0 Å². The van der Waals surface area contributed by atoms with Gasteiger partial charge in [-0.25, -0.2) is 0 Å². The summed E-state index contributed by atoms with van der Waals surface area (Å²) in [6, 6.07) is 0. The summed E-state index contributed by atoms with van der Waals surface area (Å²) in [6.45, 7) is 3.83. The van der Waals surface area contributed by atoms with Crippen molar-refractivity contribution in [2.24, 2.45) is 0 Å². The molecule has 1 aliphatic carbocycles. The third kappa shape index (κ3) is 2.79. The number of thioether (sulfide) groups is 1. The van der Waals surface area contributed by atoms with Gasteiger partial charge in [0.25, 0.3) is 0 Å². The Bertz CT molecular complexity index is 281. The Labute approximate surface area is 108 Å². The monoisotopic (exact) mass is 256 g/mol. The van der Waals surface area contributed by atoms with E-state index in [4.69, 9.17) is 0 Å². The zero-order valence-corrected chi connectivity index (χ0v) is 11.8. The van der Waals surface area contributed by atoms with Crippen LogP contribution in [0.2, 0.25) is 0 Å². The van der Waals surface area contributed by atoms with E-state index < -0.39 is 0 Å². The second kappa shape index (κ2) is 5.19. The van der Waals surface area contributed by atoms with Crippen LogP contribution >= 0.6 is 11.8 Å². The van der Waals surface area contributed by atoms with Crippen molar-refractivity contribution >= 4 is 17.7 Å². The molecule has 3 nitrogen and oxygen atoms in total. The van der Waals surface area contributed by atoms with Crippen LogP contribution in [0.1, 0.15) is 45.4 Å². The van der Waals surface area contributed by atoms with E-state index in [-0.39, 0.29) is 11.4 Å². The maximum Gasteiger partial charge on any atom is 0.240 e. The average Bonchev–Trinajstić information content (AvgIpc) is 2.96. The predicted molar refractivity (Wildman–Crippen MR) is 73.4 cm³/mol. The summed E-state index contributed by atoms with van der Waals surface area (Å²) in [7, 11) is 0. The van der Waals surface area contributed by atoms with Crippen LogP contribution in [0.4, 0.5) is 0 Å². The Balaban J connectivity index is 1.87. The van der Waals surface area contributed by atoms with Crippen LogP contribution < -0.4 is 10.6 Å². The smallest absolute Gasteiger partial charge is 0.240 e. The molecule has 1 saturated heterocycles. The van der Waals surface area contributed by atoms with Crippen LogP contribution in [0.5, 0.6) is 0 Å². The first-order valence-electron chi connectivity index (χ1n) is 6.69. The third-order valence-electron chi connectivity index (χ3n) is 4.39. The van der Waals surface area contributed by atoms with Crippen molar-refractivity contribution in [3.63, 3.8) is 0 Å². The Hall–Kier alpha value is -0.220. The highest BCUT2D eigenvalue weighted by Gasteiger charge is 2.38. The van der Waals surface area contributed by atoms with Gasteiger partial charge in [0.2, 0.25) is 5.91 Å². The topological polar surface area (TPSA) is 41.1 Å². The highest BCUT2D eigenvalue weighted by atomic mass is 32.2. The zero-order valence-electron chi connectivity index (χ0n) is 11.0. The second-order valence-electron chi connectivity index (χ2n) is 5.64. The van der Waals surface area contributed by atoms with E-state index in [1.165, 1.54) is 25.7 Å². The Kier molecular flexibility index (Phi) is 4.03. The van der Waals surface area contributed by atoms with Gasteiger partial charge in [-0.1, -0.05) is 12.8 Å². The molecule has 0 aromatic carbocycles. The molecule has 1 atom stereocenters. The molecule has 1 saturated carbocycles. The highest BCUT2D eigenvalue weighted by Crippen LogP contribution is 2.39. The van der Waals surface area contributed by atoms with Gasteiger partial charge in [0.05, 0.1) is 5.54 Å². The lowest BCUT2D eigenvalue weighted by molar-refractivity contribution is -0.126. The van der Waals surface area contributed by atoms with Crippen molar-refractivity contribution in [1.29, 1.82) is 0 Å². The van der Waals surface area contributed by atoms with Crippen LogP contribution in [-0.4, -0.2) is 35.5 Å². The van der Waals surface area contributed by atoms with Gasteiger partial charge in [-0.2, -0.15) is 11.8 Å². The molecule has 98 valence electrons. The van der Waals surface area contributed by atoms with Crippen molar-refractivity contribution in [2.45, 2.75) is 55.7 Å². The largest absolute Gasteiger partial charge is 0.353 e. The van der Waals surface area contributed by atoms with Crippen molar-refractivity contribution < 1.29 is 4.79 Å². The number of carbonyl (C=O) groups is 1. The summed E-state index contributed by atoms with van der Waals surface area (Å²) < 4.78 is 0.310. The van der Waals surface area contributed by atoms with E-state index >= 15 is 0 Å². The molecule has 0 aromatic rings. The van der Waals surface area contributed by atoms with Gasteiger partial charge in [0.15, 0.2) is 0 Å². The van der Waals surface area contributed by atoms with E-state index in [1.807, 2.05) is 18.7 Å². The van der Waals surface area contributed by atoms with Crippen LogP contribution in [0, 0.1) is 0 Å². The molecule has 0 radical (unpaired) electrons. The molecule has 1 unspecified atom stereocenters. The zero-order chi connectivity index (χ0) is 12.4. The molecule has 0 aromatic heterocycles. The fraction of sp³-hybridized carbons (Fsp3) is 0.923. The molecular formula is C13H24N2OS. The lowest BCUT2D eigenvalue weighted by Crippen LogP contribution is -2.53. The number of nitrogens with one attached hydrogen (secondary N) is 2. The molecule has 17 heavy (non-hydrogen) atoms. The quantitative estimate of drug-likeness (QED) is 0.807. The van der Waals surface area contributed by atoms with Gasteiger partial charge in [-0.15, -0.1) is 0 Å². The molecule has 2 rings (SSSR count). The summed E-state index contributed by atoms with van der Waals surface area (Å²) in [5.41, 5.74) is -0.321. The lowest BCUT2D eigenvalue weighted by atomic mass is 9.98. The summed E-state index contributed by atoms with van der Waals surface area (Å²) in [6.07, 6.45) is 9.37. The molecular weight excluding hydrogens is 232 g/mol. The number of hydrogen-bond acceptors (Lipinski definition) is 3. The van der Waals surface area contributed by atoms with Gasteiger partial charge in [0.1, 0.15) is 0 Å².